The van der Waals surface area contributed by atoms with Gasteiger partial charge in [0, 0.05) is 46.6 Å². The second-order valence-corrected chi connectivity index (χ2v) is 11.5. The Balaban J connectivity index is 1.52. The van der Waals surface area contributed by atoms with Gasteiger partial charge >= 0.3 is 0 Å². The molecule has 1 aromatic heterocycles. The van der Waals surface area contributed by atoms with Gasteiger partial charge in [-0.05, 0) is 74.6 Å². The average Bonchev–Trinajstić information content (AvgIpc) is 3.31. The molecule has 0 aliphatic carbocycles. The molecule has 38 heavy (non-hydrogen) atoms. The van der Waals surface area contributed by atoms with Gasteiger partial charge < -0.3 is 15.5 Å². The van der Waals surface area contributed by atoms with Crippen LogP contribution in [0, 0.1) is 6.92 Å². The van der Waals surface area contributed by atoms with Crippen LogP contribution < -0.4 is 15.5 Å². The number of aromatic nitrogens is 2. The lowest BCUT2D eigenvalue weighted by atomic mass is 10.0. The van der Waals surface area contributed by atoms with Crippen LogP contribution in [-0.4, -0.2) is 45.8 Å². The van der Waals surface area contributed by atoms with Gasteiger partial charge in [-0.1, -0.05) is 19.9 Å². The van der Waals surface area contributed by atoms with Crippen LogP contribution in [0.5, 0.6) is 0 Å². The molecule has 1 atom stereocenters. The van der Waals surface area contributed by atoms with Crippen molar-refractivity contribution < 1.29 is 14.4 Å². The second-order valence-electron chi connectivity index (χ2n) is 9.97. The number of carbonyl (C=O) groups excluding carboxylic acids is 3. The molecule has 0 spiro atoms. The van der Waals surface area contributed by atoms with Crippen molar-refractivity contribution in [2.24, 2.45) is 5.73 Å². The van der Waals surface area contributed by atoms with E-state index in [-0.39, 0.29) is 17.5 Å². The lowest BCUT2D eigenvalue weighted by Gasteiger charge is -2.31. The van der Waals surface area contributed by atoms with Crippen molar-refractivity contribution in [3.63, 3.8) is 0 Å². The van der Waals surface area contributed by atoms with Gasteiger partial charge in [-0.2, -0.15) is 5.10 Å². The van der Waals surface area contributed by atoms with E-state index in [4.69, 9.17) is 5.73 Å². The molecule has 0 saturated carbocycles. The molecule has 2 aliphatic heterocycles. The molecule has 0 radical (unpaired) electrons. The Morgan fingerprint density at radius 1 is 1.05 bits per heavy atom. The quantitative estimate of drug-likeness (QED) is 0.438. The van der Waals surface area contributed by atoms with E-state index in [1.54, 1.807) is 21.3 Å². The Hall–Kier alpha value is -3.59. The fraction of sp³-hybridized carbons (Fsp3) is 0.379. The van der Waals surface area contributed by atoms with E-state index < -0.39 is 5.91 Å². The summed E-state index contributed by atoms with van der Waals surface area (Å²) in [6, 6.07) is 13.7. The summed E-state index contributed by atoms with van der Waals surface area (Å²) in [5.41, 5.74) is 10.0. The number of thioether (sulfide) groups is 1. The third-order valence-electron chi connectivity index (χ3n) is 7.33. The van der Waals surface area contributed by atoms with Crippen LogP contribution in [0.4, 0.5) is 11.4 Å². The van der Waals surface area contributed by atoms with Crippen molar-refractivity contribution in [2.75, 3.05) is 22.9 Å². The van der Waals surface area contributed by atoms with Crippen molar-refractivity contribution >= 4 is 40.9 Å². The first-order chi connectivity index (χ1) is 18.3. The van der Waals surface area contributed by atoms with E-state index in [0.717, 1.165) is 41.1 Å². The minimum Gasteiger partial charge on any atom is -0.364 e. The maximum absolute atomic E-state index is 14.0. The van der Waals surface area contributed by atoms with Gasteiger partial charge in [0.1, 0.15) is 5.69 Å². The van der Waals surface area contributed by atoms with E-state index >= 15 is 0 Å². The Kier molecular flexibility index (Phi) is 7.29. The highest BCUT2D eigenvalue weighted by molar-refractivity contribution is 7.99. The lowest BCUT2D eigenvalue weighted by molar-refractivity contribution is -0.119. The SMILES string of the molecule is CCC(C)Sc1cccc(-n2nc(C(N)=O)c3c2C(=O)N(c2ccc(N4CCCCC4=O)cc2C)CC3)c1. The summed E-state index contributed by atoms with van der Waals surface area (Å²) < 4.78 is 1.57. The summed E-state index contributed by atoms with van der Waals surface area (Å²) in [6.07, 6.45) is 3.99. The molecule has 1 fully saturated rings. The normalized spacial score (nSPS) is 16.5. The molecule has 2 aromatic carbocycles. The van der Waals surface area contributed by atoms with E-state index in [1.165, 1.54) is 0 Å². The van der Waals surface area contributed by atoms with Gasteiger partial charge in [-0.15, -0.1) is 11.8 Å². The van der Waals surface area contributed by atoms with Crippen LogP contribution in [0.3, 0.4) is 0 Å². The van der Waals surface area contributed by atoms with E-state index in [0.29, 0.717) is 48.1 Å². The number of anilines is 2. The zero-order chi connectivity index (χ0) is 27.0. The van der Waals surface area contributed by atoms with Gasteiger partial charge in [-0.3, -0.25) is 14.4 Å². The number of carbonyl (C=O) groups is 3. The number of nitrogens with two attached hydrogens (primary N) is 1. The van der Waals surface area contributed by atoms with Gasteiger partial charge in [0.15, 0.2) is 5.69 Å². The first-order valence-corrected chi connectivity index (χ1v) is 14.1. The summed E-state index contributed by atoms with van der Waals surface area (Å²) in [4.78, 5) is 43.3. The molecular formula is C29H33N5O3S. The highest BCUT2D eigenvalue weighted by Gasteiger charge is 2.35. The third-order valence-corrected chi connectivity index (χ3v) is 8.59. The highest BCUT2D eigenvalue weighted by atomic mass is 32.2. The maximum Gasteiger partial charge on any atom is 0.277 e. The third kappa shape index (κ3) is 4.82. The summed E-state index contributed by atoms with van der Waals surface area (Å²) >= 11 is 1.76. The Morgan fingerprint density at radius 2 is 1.87 bits per heavy atom. The minimum absolute atomic E-state index is 0.138. The maximum atomic E-state index is 14.0. The summed E-state index contributed by atoms with van der Waals surface area (Å²) in [5.74, 6) is -0.729. The monoisotopic (exact) mass is 531 g/mol. The number of primary amides is 1. The van der Waals surface area contributed by atoms with Crippen molar-refractivity contribution in [3.05, 3.63) is 65.0 Å². The first-order valence-electron chi connectivity index (χ1n) is 13.2. The Bertz CT molecular complexity index is 1420. The zero-order valence-corrected chi connectivity index (χ0v) is 22.9. The number of benzene rings is 2. The molecular weight excluding hydrogens is 498 g/mol. The van der Waals surface area contributed by atoms with Crippen molar-refractivity contribution in [3.8, 4) is 5.69 Å². The summed E-state index contributed by atoms with van der Waals surface area (Å²) in [7, 11) is 0. The van der Waals surface area contributed by atoms with Gasteiger partial charge in [0.25, 0.3) is 11.8 Å². The van der Waals surface area contributed by atoms with E-state index in [9.17, 15) is 14.4 Å². The topological polar surface area (TPSA) is 102 Å². The molecule has 0 bridgehead atoms. The molecule has 3 amide bonds. The van der Waals surface area contributed by atoms with Gasteiger partial charge in [0.05, 0.1) is 5.69 Å². The van der Waals surface area contributed by atoms with Crippen molar-refractivity contribution in [1.82, 2.24) is 9.78 Å². The largest absolute Gasteiger partial charge is 0.364 e. The number of rotatable bonds is 7. The molecule has 9 heteroatoms. The fourth-order valence-corrected chi connectivity index (χ4v) is 6.15. The highest BCUT2D eigenvalue weighted by Crippen LogP contribution is 2.34. The molecule has 3 aromatic rings. The van der Waals surface area contributed by atoms with Crippen LogP contribution in [0.25, 0.3) is 5.69 Å². The molecule has 2 N–H and O–H groups in total. The number of nitrogens with zero attached hydrogens (tertiary/aromatic N) is 4. The zero-order valence-electron chi connectivity index (χ0n) is 22.1. The summed E-state index contributed by atoms with van der Waals surface area (Å²) in [5, 5.41) is 4.97. The van der Waals surface area contributed by atoms with Crippen molar-refractivity contribution in [2.45, 2.75) is 63.0 Å². The second kappa shape index (κ2) is 10.6. The number of aryl methyl sites for hydroxylation is 1. The molecule has 8 nitrogen and oxygen atoms in total. The number of hydrogen-bond acceptors (Lipinski definition) is 5. The Morgan fingerprint density at radius 3 is 2.58 bits per heavy atom. The van der Waals surface area contributed by atoms with E-state index in [2.05, 4.69) is 18.9 Å². The van der Waals surface area contributed by atoms with Crippen LogP contribution in [0.15, 0.2) is 47.4 Å². The van der Waals surface area contributed by atoms with Gasteiger partial charge in [-0.25, -0.2) is 4.68 Å². The number of piperidine rings is 1. The first kappa shape index (κ1) is 26.0. The summed E-state index contributed by atoms with van der Waals surface area (Å²) in [6.45, 7) is 7.40. The Labute approximate surface area is 227 Å². The smallest absolute Gasteiger partial charge is 0.277 e. The molecule has 1 saturated heterocycles. The van der Waals surface area contributed by atoms with Crippen LogP contribution in [0.1, 0.15) is 71.6 Å². The standard InChI is InChI=1S/C29H33N5O3S/c1-4-19(3)38-22-9-7-8-21(17-22)34-27-23(26(31-34)28(30)36)13-15-33(29(27)37)24-12-11-20(16-18(24)2)32-14-6-5-10-25(32)35/h7-9,11-12,16-17,19H,4-6,10,13-15H2,1-3H3,(H2,30,36). The van der Waals surface area contributed by atoms with E-state index in [1.807, 2.05) is 54.3 Å². The average molecular weight is 532 g/mol. The molecule has 5 rings (SSSR count). The molecule has 3 heterocycles. The predicted molar refractivity (Wildman–Crippen MR) is 150 cm³/mol. The van der Waals surface area contributed by atoms with Crippen LogP contribution in [0.2, 0.25) is 0 Å². The minimum atomic E-state index is -0.641. The van der Waals surface area contributed by atoms with Crippen LogP contribution in [-0.2, 0) is 11.2 Å². The van der Waals surface area contributed by atoms with Crippen molar-refractivity contribution in [1.29, 1.82) is 0 Å². The molecule has 1 unspecified atom stereocenters. The van der Waals surface area contributed by atoms with Crippen LogP contribution >= 0.6 is 11.8 Å². The number of amides is 3. The predicted octanol–water partition coefficient (Wildman–Crippen LogP) is 4.89. The van der Waals surface area contributed by atoms with Gasteiger partial charge in [0.2, 0.25) is 5.91 Å². The fourth-order valence-electron chi connectivity index (χ4n) is 5.17. The molecule has 2 aliphatic rings. The number of fused-ring (bicyclic) bond motifs is 1. The molecule has 198 valence electrons. The lowest BCUT2D eigenvalue weighted by Crippen LogP contribution is -2.39. The number of hydrogen-bond donors (Lipinski definition) is 1.